The summed E-state index contributed by atoms with van der Waals surface area (Å²) < 4.78 is 21.6. The molecule has 2 N–H and O–H groups in total. The number of hydrogen-bond donors (Lipinski definition) is 1. The first-order valence-corrected chi connectivity index (χ1v) is 12.8. The zero-order valence-electron chi connectivity index (χ0n) is 21.1. The molecule has 0 saturated heterocycles. The van der Waals surface area contributed by atoms with Crippen molar-refractivity contribution < 1.29 is 28.5 Å². The molecule has 200 valence electrons. The molecule has 1 unspecified atom stereocenters. The van der Waals surface area contributed by atoms with Crippen molar-refractivity contribution >= 4 is 35.1 Å². The fourth-order valence-corrected chi connectivity index (χ4v) is 4.67. The van der Waals surface area contributed by atoms with Crippen LogP contribution < -0.4 is 19.9 Å². The van der Waals surface area contributed by atoms with Crippen molar-refractivity contribution in [2.45, 2.75) is 25.7 Å². The molecule has 1 heterocycles. The number of rotatable bonds is 8. The largest absolute Gasteiger partial charge is 0.490 e. The maximum atomic E-state index is 12.9. The number of nitrogens with zero attached hydrogens (tertiary/aromatic N) is 1. The lowest BCUT2D eigenvalue weighted by Crippen LogP contribution is -2.21. The van der Waals surface area contributed by atoms with Gasteiger partial charge < -0.3 is 24.7 Å². The van der Waals surface area contributed by atoms with Gasteiger partial charge in [0.05, 0.1) is 40.8 Å². The van der Waals surface area contributed by atoms with Crippen molar-refractivity contribution in [2.75, 3.05) is 13.7 Å². The Labute approximate surface area is 235 Å². The van der Waals surface area contributed by atoms with Gasteiger partial charge in [0.15, 0.2) is 5.75 Å². The summed E-state index contributed by atoms with van der Waals surface area (Å²) >= 11 is 12.6. The van der Waals surface area contributed by atoms with Crippen LogP contribution in [0.3, 0.4) is 0 Å². The van der Waals surface area contributed by atoms with E-state index < -0.39 is 17.9 Å². The standard InChI is InChI=1S/C29H24Cl2N2O6/c1-3-4-11-37-26-22(30)12-18(13-23(26)31)29(35)38-19-9-10-20-24(14-19)39-27(33)21(15-32)25(20)16-5-7-17(8-6-16)28(34)36-2/h5-10,12-14,25H,3-4,11,33H2,1-2H3. The van der Waals surface area contributed by atoms with Gasteiger partial charge in [-0.3, -0.25) is 0 Å². The summed E-state index contributed by atoms with van der Waals surface area (Å²) in [4.78, 5) is 24.7. The van der Waals surface area contributed by atoms with E-state index >= 15 is 0 Å². The van der Waals surface area contributed by atoms with Gasteiger partial charge in [0.2, 0.25) is 5.88 Å². The van der Waals surface area contributed by atoms with E-state index in [0.29, 0.717) is 34.8 Å². The fourth-order valence-electron chi connectivity index (χ4n) is 4.07. The zero-order valence-corrected chi connectivity index (χ0v) is 22.6. The van der Waals surface area contributed by atoms with Crippen LogP contribution in [0.2, 0.25) is 10.0 Å². The number of benzene rings is 3. The summed E-state index contributed by atoms with van der Waals surface area (Å²) in [5.74, 6) is -0.993. The molecule has 0 radical (unpaired) electrons. The molecule has 0 spiro atoms. The van der Waals surface area contributed by atoms with Crippen molar-refractivity contribution in [3.8, 4) is 23.3 Å². The molecular formula is C29H24Cl2N2O6. The van der Waals surface area contributed by atoms with Crippen LogP contribution in [-0.4, -0.2) is 25.7 Å². The minimum atomic E-state index is -0.689. The van der Waals surface area contributed by atoms with Crippen LogP contribution >= 0.6 is 23.2 Å². The second kappa shape index (κ2) is 12.1. The maximum Gasteiger partial charge on any atom is 0.343 e. The number of halogens is 2. The molecule has 0 amide bonds. The van der Waals surface area contributed by atoms with Gasteiger partial charge in [-0.25, -0.2) is 9.59 Å². The Morgan fingerprint density at radius 3 is 2.33 bits per heavy atom. The van der Waals surface area contributed by atoms with E-state index in [9.17, 15) is 14.9 Å². The molecule has 1 aliphatic rings. The first-order valence-electron chi connectivity index (χ1n) is 12.0. The van der Waals surface area contributed by atoms with Gasteiger partial charge in [0.25, 0.3) is 0 Å². The highest BCUT2D eigenvalue weighted by Gasteiger charge is 2.31. The Balaban J connectivity index is 1.60. The van der Waals surface area contributed by atoms with Gasteiger partial charge in [0, 0.05) is 11.6 Å². The van der Waals surface area contributed by atoms with Gasteiger partial charge in [-0.2, -0.15) is 5.26 Å². The van der Waals surface area contributed by atoms with E-state index in [1.54, 1.807) is 36.4 Å². The molecule has 0 aromatic heterocycles. The second-order valence-electron chi connectivity index (χ2n) is 8.60. The molecule has 3 aromatic rings. The summed E-state index contributed by atoms with van der Waals surface area (Å²) in [7, 11) is 1.30. The molecule has 10 heteroatoms. The molecule has 8 nitrogen and oxygen atoms in total. The highest BCUT2D eigenvalue weighted by molar-refractivity contribution is 6.37. The van der Waals surface area contributed by atoms with Crippen molar-refractivity contribution in [1.82, 2.24) is 0 Å². The lowest BCUT2D eigenvalue weighted by Gasteiger charge is -2.26. The average Bonchev–Trinajstić information content (AvgIpc) is 2.93. The van der Waals surface area contributed by atoms with Crippen LogP contribution in [-0.2, 0) is 4.74 Å². The Morgan fingerprint density at radius 1 is 1.03 bits per heavy atom. The first-order chi connectivity index (χ1) is 18.8. The van der Waals surface area contributed by atoms with E-state index in [2.05, 4.69) is 6.07 Å². The lowest BCUT2D eigenvalue weighted by molar-refractivity contribution is 0.0600. The summed E-state index contributed by atoms with van der Waals surface area (Å²) in [6, 6.07) is 16.4. The second-order valence-corrected chi connectivity index (χ2v) is 9.41. The maximum absolute atomic E-state index is 12.9. The van der Waals surface area contributed by atoms with E-state index in [1.165, 1.54) is 25.3 Å². The van der Waals surface area contributed by atoms with Gasteiger partial charge in [-0.1, -0.05) is 54.7 Å². The van der Waals surface area contributed by atoms with Crippen LogP contribution in [0.5, 0.6) is 17.2 Å². The van der Waals surface area contributed by atoms with E-state index in [-0.39, 0.29) is 32.8 Å². The Bertz CT molecular complexity index is 1470. The number of esters is 2. The quantitative estimate of drug-likeness (QED) is 0.189. The molecule has 0 saturated carbocycles. The molecular weight excluding hydrogens is 543 g/mol. The van der Waals surface area contributed by atoms with Crippen LogP contribution in [0.1, 0.15) is 57.5 Å². The minimum Gasteiger partial charge on any atom is -0.490 e. The number of carbonyl (C=O) groups is 2. The monoisotopic (exact) mass is 566 g/mol. The molecule has 0 aliphatic carbocycles. The summed E-state index contributed by atoms with van der Waals surface area (Å²) in [5, 5.41) is 10.2. The van der Waals surface area contributed by atoms with Gasteiger partial charge in [-0.15, -0.1) is 0 Å². The highest BCUT2D eigenvalue weighted by Crippen LogP contribution is 2.43. The number of allylic oxidation sites excluding steroid dienone is 1. The fraction of sp³-hybridized carbons (Fsp3) is 0.207. The zero-order chi connectivity index (χ0) is 28.1. The predicted octanol–water partition coefficient (Wildman–Crippen LogP) is 6.40. The number of nitrogens with two attached hydrogens (primary N) is 1. The van der Waals surface area contributed by atoms with Gasteiger partial charge >= 0.3 is 11.9 Å². The number of carbonyl (C=O) groups excluding carboxylic acids is 2. The van der Waals surface area contributed by atoms with E-state index in [0.717, 1.165) is 12.8 Å². The highest BCUT2D eigenvalue weighted by atomic mass is 35.5. The molecule has 0 bridgehead atoms. The van der Waals surface area contributed by atoms with Crippen LogP contribution in [0.25, 0.3) is 0 Å². The van der Waals surface area contributed by atoms with E-state index in [1.807, 2.05) is 6.92 Å². The van der Waals surface area contributed by atoms with Gasteiger partial charge in [-0.05, 0) is 42.3 Å². The Morgan fingerprint density at radius 2 is 1.72 bits per heavy atom. The summed E-state index contributed by atoms with van der Waals surface area (Å²) in [5.41, 5.74) is 8.14. The summed E-state index contributed by atoms with van der Waals surface area (Å²) in [6.07, 6.45) is 1.79. The first kappa shape index (κ1) is 27.8. The minimum absolute atomic E-state index is 0.0762. The van der Waals surface area contributed by atoms with Crippen molar-refractivity contribution in [2.24, 2.45) is 5.73 Å². The topological polar surface area (TPSA) is 121 Å². The predicted molar refractivity (Wildman–Crippen MR) is 145 cm³/mol. The lowest BCUT2D eigenvalue weighted by atomic mass is 9.83. The third-order valence-corrected chi connectivity index (χ3v) is 6.61. The summed E-state index contributed by atoms with van der Waals surface area (Å²) in [6.45, 7) is 2.49. The van der Waals surface area contributed by atoms with Gasteiger partial charge in [0.1, 0.15) is 23.1 Å². The van der Waals surface area contributed by atoms with E-state index in [4.69, 9.17) is 47.9 Å². The van der Waals surface area contributed by atoms with Crippen molar-refractivity contribution in [3.63, 3.8) is 0 Å². The third kappa shape index (κ3) is 5.95. The number of nitriles is 1. The number of methoxy groups -OCH3 is 1. The molecule has 1 atom stereocenters. The Kier molecular flexibility index (Phi) is 8.65. The molecule has 3 aromatic carbocycles. The smallest absolute Gasteiger partial charge is 0.343 e. The van der Waals surface area contributed by atoms with Crippen molar-refractivity contribution in [3.05, 3.63) is 98.4 Å². The Hall–Kier alpha value is -4.19. The SMILES string of the molecule is CCCCOc1c(Cl)cc(C(=O)Oc2ccc3c(c2)OC(N)=C(C#N)C3c2ccc(C(=O)OC)cc2)cc1Cl. The molecule has 4 rings (SSSR count). The third-order valence-electron chi connectivity index (χ3n) is 6.04. The molecule has 39 heavy (non-hydrogen) atoms. The molecule has 0 fully saturated rings. The van der Waals surface area contributed by atoms with Crippen LogP contribution in [0.15, 0.2) is 66.1 Å². The molecule has 1 aliphatic heterocycles. The number of unbranched alkanes of at least 4 members (excludes halogenated alkanes) is 1. The number of ether oxygens (including phenoxy) is 4. The number of hydrogen-bond acceptors (Lipinski definition) is 8. The number of fused-ring (bicyclic) bond motifs is 1. The average molecular weight is 567 g/mol. The van der Waals surface area contributed by atoms with Crippen LogP contribution in [0.4, 0.5) is 0 Å². The van der Waals surface area contributed by atoms with Crippen LogP contribution in [0, 0.1) is 11.3 Å². The normalized spacial score (nSPS) is 14.1. The van der Waals surface area contributed by atoms with Crippen molar-refractivity contribution in [1.29, 1.82) is 5.26 Å².